The highest BCUT2D eigenvalue weighted by atomic mass is 16.5. The van der Waals surface area contributed by atoms with Crippen LogP contribution in [0.3, 0.4) is 0 Å². The lowest BCUT2D eigenvalue weighted by Gasteiger charge is -2.34. The van der Waals surface area contributed by atoms with Gasteiger partial charge in [0.05, 0.1) is 13.3 Å². The molecule has 1 aliphatic rings. The molecule has 2 amide bonds. The Hall–Kier alpha value is -3.55. The van der Waals surface area contributed by atoms with Crippen molar-refractivity contribution >= 4 is 11.8 Å². The number of carbonyl (C=O) groups is 2. The third-order valence-electron chi connectivity index (χ3n) is 5.18. The first kappa shape index (κ1) is 18.8. The average Bonchev–Trinajstić information content (AvgIpc) is 3.42. The van der Waals surface area contributed by atoms with Crippen LogP contribution in [0.5, 0.6) is 5.75 Å². The molecular formula is C21H23N5O3. The maximum absolute atomic E-state index is 13.1. The minimum Gasteiger partial charge on any atom is -0.497 e. The normalized spacial score (nSPS) is 14.1. The van der Waals surface area contributed by atoms with Crippen molar-refractivity contribution in [3.8, 4) is 11.6 Å². The lowest BCUT2D eigenvalue weighted by atomic mass is 10.1. The van der Waals surface area contributed by atoms with E-state index in [4.69, 9.17) is 4.74 Å². The molecule has 0 radical (unpaired) electrons. The van der Waals surface area contributed by atoms with Gasteiger partial charge in [0.25, 0.3) is 11.8 Å². The molecule has 0 unspecified atom stereocenters. The van der Waals surface area contributed by atoms with Gasteiger partial charge in [-0.05, 0) is 36.4 Å². The summed E-state index contributed by atoms with van der Waals surface area (Å²) in [6, 6.07) is 10.9. The zero-order valence-corrected chi connectivity index (χ0v) is 16.5. The fraction of sp³-hybridized carbons (Fsp3) is 0.286. The monoisotopic (exact) mass is 393 g/mol. The maximum atomic E-state index is 13.1. The number of methoxy groups -OCH3 is 1. The molecule has 0 aliphatic carbocycles. The second kappa shape index (κ2) is 7.83. The van der Waals surface area contributed by atoms with E-state index in [0.717, 1.165) is 5.82 Å². The van der Waals surface area contributed by atoms with Crippen LogP contribution >= 0.6 is 0 Å². The Labute approximate surface area is 168 Å². The van der Waals surface area contributed by atoms with Gasteiger partial charge in [-0.15, -0.1) is 0 Å². The largest absolute Gasteiger partial charge is 0.497 e. The van der Waals surface area contributed by atoms with Crippen molar-refractivity contribution in [2.24, 2.45) is 7.05 Å². The van der Waals surface area contributed by atoms with Crippen molar-refractivity contribution in [1.82, 2.24) is 24.1 Å². The molecular weight excluding hydrogens is 370 g/mol. The molecule has 3 aromatic rings. The summed E-state index contributed by atoms with van der Waals surface area (Å²) in [7, 11) is 3.41. The molecule has 1 aliphatic heterocycles. The molecule has 0 saturated carbocycles. The quantitative estimate of drug-likeness (QED) is 0.678. The fourth-order valence-corrected chi connectivity index (χ4v) is 3.56. The molecule has 0 N–H and O–H groups in total. The van der Waals surface area contributed by atoms with Gasteiger partial charge in [0.2, 0.25) is 0 Å². The van der Waals surface area contributed by atoms with E-state index < -0.39 is 0 Å². The van der Waals surface area contributed by atoms with Crippen LogP contribution in [0.25, 0.3) is 5.82 Å². The number of rotatable bonds is 4. The number of nitrogens with zero attached hydrogens (tertiary/aromatic N) is 5. The van der Waals surface area contributed by atoms with Gasteiger partial charge in [-0.25, -0.2) is 0 Å². The van der Waals surface area contributed by atoms with Gasteiger partial charge in [-0.1, -0.05) is 0 Å². The number of ether oxygens (including phenoxy) is 1. The summed E-state index contributed by atoms with van der Waals surface area (Å²) in [5.41, 5.74) is 1.17. The fourth-order valence-electron chi connectivity index (χ4n) is 3.56. The highest BCUT2D eigenvalue weighted by Crippen LogP contribution is 2.19. The molecule has 8 heteroatoms. The summed E-state index contributed by atoms with van der Waals surface area (Å²) >= 11 is 0. The van der Waals surface area contributed by atoms with Crippen LogP contribution in [0.1, 0.15) is 20.7 Å². The van der Waals surface area contributed by atoms with Crippen LogP contribution in [0.4, 0.5) is 0 Å². The highest BCUT2D eigenvalue weighted by Gasteiger charge is 2.28. The van der Waals surface area contributed by atoms with Crippen LogP contribution < -0.4 is 4.74 Å². The first-order valence-corrected chi connectivity index (χ1v) is 9.46. The number of piperazine rings is 1. The molecule has 8 nitrogen and oxygen atoms in total. The van der Waals surface area contributed by atoms with Crippen LogP contribution in [-0.4, -0.2) is 69.3 Å². The topological polar surface area (TPSA) is 72.6 Å². The van der Waals surface area contributed by atoms with Crippen LogP contribution in [0.2, 0.25) is 0 Å². The Morgan fingerprint density at radius 2 is 1.52 bits per heavy atom. The Balaban J connectivity index is 1.43. The lowest BCUT2D eigenvalue weighted by molar-refractivity contribution is 0.0535. The Morgan fingerprint density at radius 3 is 2.10 bits per heavy atom. The first-order valence-electron chi connectivity index (χ1n) is 9.46. The summed E-state index contributed by atoms with van der Waals surface area (Å²) in [4.78, 5) is 29.4. The Bertz CT molecular complexity index is 1000. The van der Waals surface area contributed by atoms with Gasteiger partial charge in [-0.3, -0.25) is 14.3 Å². The predicted molar refractivity (Wildman–Crippen MR) is 107 cm³/mol. The number of aromatic nitrogens is 3. The van der Waals surface area contributed by atoms with E-state index in [-0.39, 0.29) is 11.8 Å². The maximum Gasteiger partial charge on any atom is 0.259 e. The molecule has 2 aromatic heterocycles. The van der Waals surface area contributed by atoms with E-state index in [9.17, 15) is 9.59 Å². The van der Waals surface area contributed by atoms with E-state index >= 15 is 0 Å². The molecule has 0 spiro atoms. The molecule has 29 heavy (non-hydrogen) atoms. The molecule has 1 aromatic carbocycles. The van der Waals surface area contributed by atoms with Crippen molar-refractivity contribution in [1.29, 1.82) is 0 Å². The molecule has 0 bridgehead atoms. The molecule has 1 saturated heterocycles. The third-order valence-corrected chi connectivity index (χ3v) is 5.18. The average molecular weight is 393 g/mol. The molecule has 1 fully saturated rings. The smallest absolute Gasteiger partial charge is 0.259 e. The van der Waals surface area contributed by atoms with Gasteiger partial charge in [0.1, 0.15) is 17.1 Å². The molecule has 150 valence electrons. The summed E-state index contributed by atoms with van der Waals surface area (Å²) in [6.45, 7) is 1.97. The zero-order chi connectivity index (χ0) is 20.4. The van der Waals surface area contributed by atoms with E-state index in [2.05, 4.69) is 5.10 Å². The molecule has 3 heterocycles. The van der Waals surface area contributed by atoms with Crippen LogP contribution in [0.15, 0.2) is 55.0 Å². The standard InChI is InChI=1S/C21H23N5O3/c1-23-19(24-9-3-4-10-24)18(15-22-23)21(28)26-13-11-25(12-14-26)20(27)16-5-7-17(29-2)8-6-16/h3-10,15H,11-14H2,1-2H3. The molecule has 4 rings (SSSR count). The van der Waals surface area contributed by atoms with E-state index in [1.807, 2.05) is 36.1 Å². The number of aryl methyl sites for hydroxylation is 1. The van der Waals surface area contributed by atoms with E-state index in [1.54, 1.807) is 52.1 Å². The van der Waals surface area contributed by atoms with Crippen molar-refractivity contribution in [3.63, 3.8) is 0 Å². The minimum absolute atomic E-state index is 0.0332. The van der Waals surface area contributed by atoms with Crippen molar-refractivity contribution < 1.29 is 14.3 Å². The second-order valence-corrected chi connectivity index (χ2v) is 6.91. The number of hydrogen-bond acceptors (Lipinski definition) is 4. The predicted octanol–water partition coefficient (Wildman–Crippen LogP) is 1.82. The highest BCUT2D eigenvalue weighted by molar-refractivity contribution is 5.98. The van der Waals surface area contributed by atoms with Gasteiger partial charge in [0, 0.05) is 51.2 Å². The molecule has 0 atom stereocenters. The number of hydrogen-bond donors (Lipinski definition) is 0. The Kier molecular flexibility index (Phi) is 5.07. The first-order chi connectivity index (χ1) is 14.1. The van der Waals surface area contributed by atoms with Gasteiger partial charge < -0.3 is 19.1 Å². The van der Waals surface area contributed by atoms with Crippen molar-refractivity contribution in [2.75, 3.05) is 33.3 Å². The summed E-state index contributed by atoms with van der Waals surface area (Å²) < 4.78 is 8.71. The summed E-state index contributed by atoms with van der Waals surface area (Å²) in [5, 5.41) is 4.26. The van der Waals surface area contributed by atoms with Gasteiger partial charge in [0.15, 0.2) is 0 Å². The summed E-state index contributed by atoms with van der Waals surface area (Å²) in [5.74, 6) is 1.34. The van der Waals surface area contributed by atoms with Gasteiger partial charge >= 0.3 is 0 Å². The zero-order valence-electron chi connectivity index (χ0n) is 16.5. The minimum atomic E-state index is -0.0710. The van der Waals surface area contributed by atoms with Crippen molar-refractivity contribution in [3.05, 3.63) is 66.1 Å². The number of amides is 2. The van der Waals surface area contributed by atoms with Gasteiger partial charge in [-0.2, -0.15) is 5.10 Å². The lowest BCUT2D eigenvalue weighted by Crippen LogP contribution is -2.50. The van der Waals surface area contributed by atoms with Crippen LogP contribution in [-0.2, 0) is 7.05 Å². The Morgan fingerprint density at radius 1 is 0.931 bits per heavy atom. The number of carbonyl (C=O) groups excluding carboxylic acids is 2. The van der Waals surface area contributed by atoms with Crippen molar-refractivity contribution in [2.45, 2.75) is 0 Å². The summed E-state index contributed by atoms with van der Waals surface area (Å²) in [6.07, 6.45) is 5.38. The van der Waals surface area contributed by atoms with E-state index in [0.29, 0.717) is 43.1 Å². The SMILES string of the molecule is COc1ccc(C(=O)N2CCN(C(=O)c3cnn(C)c3-n3cccc3)CC2)cc1. The third kappa shape index (κ3) is 3.61. The second-order valence-electron chi connectivity index (χ2n) is 6.91. The number of benzene rings is 1. The van der Waals surface area contributed by atoms with Crippen LogP contribution in [0, 0.1) is 0 Å². The van der Waals surface area contributed by atoms with E-state index in [1.165, 1.54) is 0 Å².